The minimum Gasteiger partial charge on any atom is -0.390 e. The lowest BCUT2D eigenvalue weighted by molar-refractivity contribution is -0.728. The zero-order valence-corrected chi connectivity index (χ0v) is 27.3. The molecule has 4 heterocycles. The molecule has 1 aliphatic carbocycles. The molecular weight excluding hydrogens is 709 g/mol. The molecule has 1 aliphatic heterocycles. The number of anilines is 1. The van der Waals surface area contributed by atoms with Gasteiger partial charge in [-0.15, -0.1) is 0 Å². The molecule has 10 unspecified atom stereocenters. The first kappa shape index (κ1) is 36.7. The summed E-state index contributed by atoms with van der Waals surface area (Å²) in [6, 6.07) is 2.37. The summed E-state index contributed by atoms with van der Waals surface area (Å²) in [5, 5.41) is 31.9. The van der Waals surface area contributed by atoms with Crippen molar-refractivity contribution >= 4 is 46.2 Å². The maximum absolute atomic E-state index is 12.6. The van der Waals surface area contributed by atoms with Crippen LogP contribution in [0.4, 0.5) is 5.82 Å². The van der Waals surface area contributed by atoms with Gasteiger partial charge >= 0.3 is 23.5 Å². The molecule has 5 rings (SSSR count). The molecule has 48 heavy (non-hydrogen) atoms. The number of fused-ring (bicyclic) bond motifs is 1. The van der Waals surface area contributed by atoms with Gasteiger partial charge in [-0.25, -0.2) is 28.6 Å². The highest BCUT2D eigenvalue weighted by Crippen LogP contribution is 2.61. The molecule has 0 aromatic carbocycles. The Morgan fingerprint density at radius 2 is 1.73 bits per heavy atom. The lowest BCUT2D eigenvalue weighted by Gasteiger charge is -2.22. The summed E-state index contributed by atoms with van der Waals surface area (Å²) >= 11 is 0. The predicted octanol–water partition coefficient (Wildman–Crippen LogP) is -1.13. The summed E-state index contributed by atoms with van der Waals surface area (Å²) in [5.41, 5.74) is 6.25. The van der Waals surface area contributed by atoms with E-state index in [1.165, 1.54) is 17.7 Å². The average Bonchev–Trinajstić information content (AvgIpc) is 3.64. The molecule has 9 N–H and O–H groups in total. The normalized spacial score (nSPS) is 30.3. The number of aromatic nitrogens is 5. The predicted molar refractivity (Wildman–Crippen MR) is 155 cm³/mol. The van der Waals surface area contributed by atoms with Crippen LogP contribution in [0, 0.1) is 5.92 Å². The maximum Gasteiger partial charge on any atom is 0.481 e. The molecule has 0 spiro atoms. The van der Waals surface area contributed by atoms with Gasteiger partial charge in [0.05, 0.1) is 31.2 Å². The van der Waals surface area contributed by atoms with Crippen molar-refractivity contribution in [1.29, 1.82) is 0 Å². The summed E-state index contributed by atoms with van der Waals surface area (Å²) in [6.07, 6.45) is -4.51. The van der Waals surface area contributed by atoms with E-state index < -0.39 is 85.4 Å². The molecule has 3 aromatic heterocycles. The van der Waals surface area contributed by atoms with E-state index in [1.54, 1.807) is 18.3 Å². The Balaban J connectivity index is 1.22. The number of nitrogen functional groups attached to an aromatic ring is 1. The summed E-state index contributed by atoms with van der Waals surface area (Å²) in [5.74, 6) is -1.23. The zero-order chi connectivity index (χ0) is 35.2. The van der Waals surface area contributed by atoms with Gasteiger partial charge in [0.2, 0.25) is 0 Å². The SMILES string of the molecule is CC(=O)c1ccc[n+](C2CC(COP(=O)(O)OP(=O)(O)OCC3OC(n4cnc5c(N)ncnc54)C(O)C3OP(=O)(O)O)C(O)C2O)c1. The number of phosphoric acid groups is 3. The second kappa shape index (κ2) is 13.9. The monoisotopic (exact) mass is 741 g/mol. The number of ketones is 1. The van der Waals surface area contributed by atoms with Crippen LogP contribution < -0.4 is 10.3 Å². The lowest BCUT2D eigenvalue weighted by atomic mass is 10.1. The number of carbonyl (C=O) groups excluding carboxylic acids is 1. The van der Waals surface area contributed by atoms with Crippen LogP contribution in [-0.4, -0.2) is 104 Å². The third kappa shape index (κ3) is 8.22. The lowest BCUT2D eigenvalue weighted by Crippen LogP contribution is -2.45. The Kier molecular flexibility index (Phi) is 10.7. The Bertz CT molecular complexity index is 1810. The number of pyridine rings is 1. The number of nitrogens with two attached hydrogens (primary N) is 1. The number of hydrogen-bond acceptors (Lipinski definition) is 16. The molecule has 264 valence electrons. The average molecular weight is 741 g/mol. The zero-order valence-electron chi connectivity index (χ0n) is 24.7. The topological polar surface area (TPSA) is 330 Å². The molecule has 1 saturated carbocycles. The number of ether oxygens (including phenoxy) is 1. The van der Waals surface area contributed by atoms with Crippen LogP contribution >= 0.6 is 23.5 Å². The second-order valence-electron chi connectivity index (χ2n) is 10.9. The van der Waals surface area contributed by atoms with Crippen LogP contribution in [0.15, 0.2) is 37.2 Å². The summed E-state index contributed by atoms with van der Waals surface area (Å²) in [4.78, 5) is 62.6. The minimum absolute atomic E-state index is 0.00986. The number of hydrogen-bond donors (Lipinski definition) is 8. The van der Waals surface area contributed by atoms with Crippen LogP contribution in [0.25, 0.3) is 11.2 Å². The van der Waals surface area contributed by atoms with Gasteiger partial charge in [-0.1, -0.05) is 0 Å². The van der Waals surface area contributed by atoms with Crippen molar-refractivity contribution in [1.82, 2.24) is 19.5 Å². The fourth-order valence-electron chi connectivity index (χ4n) is 5.43. The van der Waals surface area contributed by atoms with E-state index in [2.05, 4.69) is 23.8 Å². The van der Waals surface area contributed by atoms with Crippen molar-refractivity contribution in [2.24, 2.45) is 5.92 Å². The highest BCUT2D eigenvalue weighted by molar-refractivity contribution is 7.61. The van der Waals surface area contributed by atoms with Gasteiger partial charge in [0.1, 0.15) is 36.3 Å². The smallest absolute Gasteiger partial charge is 0.390 e. The molecule has 2 aliphatic rings. The third-order valence-corrected chi connectivity index (χ3v) is 10.8. The highest BCUT2D eigenvalue weighted by atomic mass is 31.3. The Morgan fingerprint density at radius 1 is 1.04 bits per heavy atom. The molecule has 3 aromatic rings. The number of carbonyl (C=O) groups is 1. The van der Waals surface area contributed by atoms with Crippen LogP contribution in [0.3, 0.4) is 0 Å². The van der Waals surface area contributed by atoms with Crippen molar-refractivity contribution in [2.45, 2.75) is 56.1 Å². The number of Topliss-reactive ketones (excluding diaryl/α,β-unsaturated/α-hetero) is 1. The van der Waals surface area contributed by atoms with Gasteiger partial charge in [-0.05, 0) is 13.0 Å². The summed E-state index contributed by atoms with van der Waals surface area (Å²) in [7, 11) is -16.2. The van der Waals surface area contributed by atoms with E-state index >= 15 is 0 Å². The minimum atomic E-state index is -5.51. The molecule has 25 heteroatoms. The number of imidazole rings is 1. The van der Waals surface area contributed by atoms with Crippen LogP contribution in [0.2, 0.25) is 0 Å². The van der Waals surface area contributed by atoms with Crippen LogP contribution in [0.5, 0.6) is 0 Å². The number of aliphatic hydroxyl groups excluding tert-OH is 3. The van der Waals surface area contributed by atoms with Crippen molar-refractivity contribution in [2.75, 3.05) is 18.9 Å². The summed E-state index contributed by atoms with van der Waals surface area (Å²) in [6.45, 7) is -0.453. The largest absolute Gasteiger partial charge is 0.481 e. The number of phosphoric ester groups is 3. The highest BCUT2D eigenvalue weighted by Gasteiger charge is 2.51. The van der Waals surface area contributed by atoms with Gasteiger partial charge in [0.15, 0.2) is 41.9 Å². The van der Waals surface area contributed by atoms with Gasteiger partial charge in [0.25, 0.3) is 0 Å². The first-order chi connectivity index (χ1) is 22.4. The van der Waals surface area contributed by atoms with E-state index in [1.807, 2.05) is 0 Å². The number of aliphatic hydroxyl groups is 3. The molecule has 0 radical (unpaired) electrons. The molecule has 10 atom stereocenters. The quantitative estimate of drug-likeness (QED) is 0.0583. The first-order valence-corrected chi connectivity index (χ1v) is 18.4. The molecule has 22 nitrogen and oxygen atoms in total. The number of nitrogens with zero attached hydrogens (tertiary/aromatic N) is 5. The van der Waals surface area contributed by atoms with E-state index in [-0.39, 0.29) is 29.2 Å². The van der Waals surface area contributed by atoms with E-state index in [4.69, 9.17) is 19.5 Å². The third-order valence-electron chi connectivity index (χ3n) is 7.67. The molecule has 1 saturated heterocycles. The molecule has 0 amide bonds. The fraction of sp³-hybridized carbons (Fsp3) is 0.522. The van der Waals surface area contributed by atoms with E-state index in [0.717, 1.165) is 17.2 Å². The van der Waals surface area contributed by atoms with Crippen molar-refractivity contribution in [3.05, 3.63) is 42.7 Å². The van der Waals surface area contributed by atoms with Crippen molar-refractivity contribution in [3.8, 4) is 0 Å². The molecular formula is C23H32N6O16P3+. The Hall–Kier alpha value is -2.62. The Morgan fingerprint density at radius 3 is 2.40 bits per heavy atom. The van der Waals surface area contributed by atoms with Gasteiger partial charge in [-0.3, -0.25) is 22.9 Å². The summed E-state index contributed by atoms with van der Waals surface area (Å²) < 4.78 is 63.6. The van der Waals surface area contributed by atoms with E-state index in [0.29, 0.717) is 5.56 Å². The first-order valence-electron chi connectivity index (χ1n) is 13.9. The fourth-order valence-corrected chi connectivity index (χ4v) is 8.14. The molecule has 2 fully saturated rings. The van der Waals surface area contributed by atoms with Crippen LogP contribution in [0.1, 0.15) is 36.0 Å². The van der Waals surface area contributed by atoms with Crippen LogP contribution in [-0.2, 0) is 36.3 Å². The van der Waals surface area contributed by atoms with E-state index in [9.17, 15) is 53.4 Å². The second-order valence-corrected chi connectivity index (χ2v) is 15.2. The Labute approximate surface area is 270 Å². The standard InChI is InChI=1S/C23H31N6O16P3/c1-11(30)12-3-2-4-28(6-12)14-5-13(17(31)18(14)32)7-41-47(37,38)45-48(39,40)42-8-15-20(44-46(34,35)36)19(33)23(43-15)29-10-27-16-21(24)25-9-26-22(16)29/h2-4,6,9-10,13-15,17-20,23,31-33H,5,7-8H2,1H3,(H5-,24,25,26,34,35,36,37,38,39,40)/p+1. The number of rotatable bonds is 13. The maximum atomic E-state index is 12.6. The molecule has 0 bridgehead atoms. The van der Waals surface area contributed by atoms with Gasteiger partial charge < -0.3 is 45.4 Å². The van der Waals surface area contributed by atoms with Crippen molar-refractivity contribution in [3.63, 3.8) is 0 Å². The van der Waals surface area contributed by atoms with Gasteiger partial charge in [0, 0.05) is 18.4 Å². The van der Waals surface area contributed by atoms with Crippen molar-refractivity contribution < 1.29 is 80.6 Å². The van der Waals surface area contributed by atoms with Gasteiger partial charge in [-0.2, -0.15) is 8.88 Å².